The molecule has 1 aromatic carbocycles. The number of hydrogen-bond acceptors (Lipinski definition) is 6. The zero-order valence-corrected chi connectivity index (χ0v) is 13.6. The molecule has 0 fully saturated rings. The van der Waals surface area contributed by atoms with E-state index >= 15 is 0 Å². The van der Waals surface area contributed by atoms with E-state index in [0.717, 1.165) is 11.6 Å². The molecular weight excluding hydrogens is 328 g/mol. The normalized spacial score (nSPS) is 11.9. The van der Waals surface area contributed by atoms with Gasteiger partial charge in [-0.2, -0.15) is 0 Å². The molecule has 1 heterocycles. The Labute approximate surface area is 143 Å². The second-order valence-corrected chi connectivity index (χ2v) is 5.20. The van der Waals surface area contributed by atoms with Gasteiger partial charge in [-0.25, -0.2) is 4.79 Å². The van der Waals surface area contributed by atoms with Crippen LogP contribution in [-0.4, -0.2) is 22.9 Å². The predicted molar refractivity (Wildman–Crippen MR) is 89.8 cm³/mol. The molecule has 0 aliphatic heterocycles. The predicted octanol–water partition coefficient (Wildman–Crippen LogP) is 3.08. The van der Waals surface area contributed by atoms with Gasteiger partial charge >= 0.3 is 11.9 Å². The summed E-state index contributed by atoms with van der Waals surface area (Å²) >= 11 is 0. The summed E-state index contributed by atoms with van der Waals surface area (Å²) in [6.45, 7) is 3.36. The highest BCUT2D eigenvalue weighted by atomic mass is 16.6. The Kier molecular flexibility index (Phi) is 5.67. The molecule has 8 nitrogen and oxygen atoms in total. The fraction of sp³-hybridized carbons (Fsp3) is 0.176. The number of nitro groups is 1. The lowest BCUT2D eigenvalue weighted by atomic mass is 10.2. The van der Waals surface area contributed by atoms with E-state index in [4.69, 9.17) is 9.15 Å². The highest BCUT2D eigenvalue weighted by molar-refractivity contribution is 5.96. The van der Waals surface area contributed by atoms with Crippen molar-refractivity contribution in [2.24, 2.45) is 0 Å². The highest BCUT2D eigenvalue weighted by Gasteiger charge is 2.17. The molecule has 0 unspecified atom stereocenters. The van der Waals surface area contributed by atoms with Gasteiger partial charge < -0.3 is 14.5 Å². The molecule has 1 N–H and O–H groups in total. The minimum atomic E-state index is -1.01. The Morgan fingerprint density at radius 2 is 1.92 bits per heavy atom. The van der Waals surface area contributed by atoms with Crippen molar-refractivity contribution in [1.29, 1.82) is 0 Å². The van der Waals surface area contributed by atoms with Crippen molar-refractivity contribution < 1.29 is 23.7 Å². The number of ether oxygens (including phenoxy) is 1. The van der Waals surface area contributed by atoms with Gasteiger partial charge in [0.05, 0.1) is 6.07 Å². The van der Waals surface area contributed by atoms with Crippen LogP contribution in [0.5, 0.6) is 0 Å². The maximum atomic E-state index is 12.0. The summed E-state index contributed by atoms with van der Waals surface area (Å²) in [5, 5.41) is 13.1. The van der Waals surface area contributed by atoms with Crippen LogP contribution in [0.2, 0.25) is 0 Å². The third-order valence-electron chi connectivity index (χ3n) is 3.16. The van der Waals surface area contributed by atoms with Gasteiger partial charge in [0.25, 0.3) is 5.91 Å². The second kappa shape index (κ2) is 7.91. The smallest absolute Gasteiger partial charge is 0.433 e. The number of nitrogens with one attached hydrogen (secondary N) is 1. The molecule has 0 radical (unpaired) electrons. The van der Waals surface area contributed by atoms with Crippen LogP contribution in [-0.2, 0) is 14.3 Å². The summed E-state index contributed by atoms with van der Waals surface area (Å²) in [6, 6.07) is 9.68. The number of anilines is 1. The van der Waals surface area contributed by atoms with Gasteiger partial charge in [-0.1, -0.05) is 17.7 Å². The summed E-state index contributed by atoms with van der Waals surface area (Å²) in [4.78, 5) is 33.5. The fourth-order valence-electron chi connectivity index (χ4n) is 1.83. The Hall–Kier alpha value is -3.42. The molecule has 1 amide bonds. The summed E-state index contributed by atoms with van der Waals surface area (Å²) in [7, 11) is 0. The molecule has 130 valence electrons. The maximum Gasteiger partial charge on any atom is 0.433 e. The zero-order valence-electron chi connectivity index (χ0n) is 13.6. The average molecular weight is 344 g/mol. The Morgan fingerprint density at radius 1 is 1.24 bits per heavy atom. The van der Waals surface area contributed by atoms with Crippen molar-refractivity contribution in [2.75, 3.05) is 5.32 Å². The minimum Gasteiger partial charge on any atom is -0.449 e. The molecule has 2 aromatic rings. The van der Waals surface area contributed by atoms with Crippen molar-refractivity contribution in [3.8, 4) is 0 Å². The Bertz CT molecular complexity index is 807. The summed E-state index contributed by atoms with van der Waals surface area (Å²) in [5.41, 5.74) is 1.65. The zero-order chi connectivity index (χ0) is 18.4. The van der Waals surface area contributed by atoms with E-state index < -0.39 is 28.8 Å². The molecule has 0 saturated carbocycles. The van der Waals surface area contributed by atoms with E-state index in [1.54, 1.807) is 12.1 Å². The number of carbonyl (C=O) groups is 2. The molecule has 0 spiro atoms. The quantitative estimate of drug-likeness (QED) is 0.373. The van der Waals surface area contributed by atoms with Crippen LogP contribution in [0.15, 0.2) is 46.9 Å². The summed E-state index contributed by atoms with van der Waals surface area (Å²) in [5.74, 6) is -1.55. The monoisotopic (exact) mass is 344 g/mol. The van der Waals surface area contributed by atoms with Gasteiger partial charge in [-0.3, -0.25) is 14.9 Å². The standard InChI is InChI=1S/C17H16N2O6/c1-11-3-5-13(6-4-11)18-17(21)12(2)24-16(20)10-8-14-7-9-15(25-14)19(22)23/h3-10,12H,1-2H3,(H,18,21)/b10-8+/t12-/m1/s1. The molecule has 1 atom stereocenters. The number of carbonyl (C=O) groups excluding carboxylic acids is 2. The van der Waals surface area contributed by atoms with Crippen LogP contribution in [0.25, 0.3) is 6.08 Å². The first kappa shape index (κ1) is 17.9. The molecule has 0 saturated heterocycles. The molecule has 1 aromatic heterocycles. The van der Waals surface area contributed by atoms with Crippen molar-refractivity contribution in [3.05, 3.63) is 63.9 Å². The Balaban J connectivity index is 1.87. The fourth-order valence-corrected chi connectivity index (χ4v) is 1.83. The van der Waals surface area contributed by atoms with Gasteiger partial charge in [0, 0.05) is 11.8 Å². The van der Waals surface area contributed by atoms with Crippen molar-refractivity contribution >= 4 is 29.5 Å². The third kappa shape index (κ3) is 5.31. The molecule has 0 aliphatic carbocycles. The van der Waals surface area contributed by atoms with E-state index in [9.17, 15) is 19.7 Å². The van der Waals surface area contributed by atoms with E-state index in [1.165, 1.54) is 25.1 Å². The van der Waals surface area contributed by atoms with Gasteiger partial charge in [0.15, 0.2) is 6.10 Å². The van der Waals surface area contributed by atoms with Gasteiger partial charge in [-0.15, -0.1) is 0 Å². The molecule has 2 rings (SSSR count). The highest BCUT2D eigenvalue weighted by Crippen LogP contribution is 2.16. The average Bonchev–Trinajstić information content (AvgIpc) is 3.04. The van der Waals surface area contributed by atoms with Crippen LogP contribution in [0.1, 0.15) is 18.2 Å². The van der Waals surface area contributed by atoms with Crippen LogP contribution < -0.4 is 5.32 Å². The lowest BCUT2D eigenvalue weighted by Gasteiger charge is -2.12. The van der Waals surface area contributed by atoms with Crippen molar-refractivity contribution in [2.45, 2.75) is 20.0 Å². The van der Waals surface area contributed by atoms with Crippen LogP contribution in [0, 0.1) is 17.0 Å². The van der Waals surface area contributed by atoms with E-state index in [2.05, 4.69) is 5.32 Å². The second-order valence-electron chi connectivity index (χ2n) is 5.20. The third-order valence-corrected chi connectivity index (χ3v) is 3.16. The maximum absolute atomic E-state index is 12.0. The lowest BCUT2D eigenvalue weighted by Crippen LogP contribution is -2.29. The number of aryl methyl sites for hydroxylation is 1. The first-order chi connectivity index (χ1) is 11.8. The summed E-state index contributed by atoms with van der Waals surface area (Å²) < 4.78 is 9.83. The number of furan rings is 1. The van der Waals surface area contributed by atoms with Crippen LogP contribution >= 0.6 is 0 Å². The van der Waals surface area contributed by atoms with Crippen molar-refractivity contribution in [1.82, 2.24) is 0 Å². The SMILES string of the molecule is Cc1ccc(NC(=O)[C@@H](C)OC(=O)/C=C/c2ccc([N+](=O)[O-])o2)cc1. The van der Waals surface area contributed by atoms with Gasteiger partial charge in [-0.05, 0) is 38.1 Å². The largest absolute Gasteiger partial charge is 0.449 e. The van der Waals surface area contributed by atoms with Crippen LogP contribution in [0.3, 0.4) is 0 Å². The minimum absolute atomic E-state index is 0.125. The number of nitrogens with zero attached hydrogens (tertiary/aromatic N) is 1. The number of esters is 1. The number of benzene rings is 1. The van der Waals surface area contributed by atoms with Gasteiger partial charge in [0.2, 0.25) is 0 Å². The van der Waals surface area contributed by atoms with Gasteiger partial charge in [0.1, 0.15) is 10.7 Å². The molecule has 0 bridgehead atoms. The number of amides is 1. The number of rotatable bonds is 6. The lowest BCUT2D eigenvalue weighted by molar-refractivity contribution is -0.402. The topological polar surface area (TPSA) is 112 Å². The molecular formula is C17H16N2O6. The molecule has 8 heteroatoms. The van der Waals surface area contributed by atoms with E-state index in [-0.39, 0.29) is 5.76 Å². The molecule has 0 aliphatic rings. The Morgan fingerprint density at radius 3 is 2.52 bits per heavy atom. The molecule has 25 heavy (non-hydrogen) atoms. The number of hydrogen-bond donors (Lipinski definition) is 1. The van der Waals surface area contributed by atoms with Crippen LogP contribution in [0.4, 0.5) is 11.6 Å². The van der Waals surface area contributed by atoms with E-state index in [1.807, 2.05) is 19.1 Å². The van der Waals surface area contributed by atoms with Crippen molar-refractivity contribution in [3.63, 3.8) is 0 Å². The first-order valence-corrected chi connectivity index (χ1v) is 7.35. The first-order valence-electron chi connectivity index (χ1n) is 7.35. The summed E-state index contributed by atoms with van der Waals surface area (Å²) in [6.07, 6.45) is 1.24. The van der Waals surface area contributed by atoms with E-state index in [0.29, 0.717) is 5.69 Å².